The third kappa shape index (κ3) is 5.04. The second-order valence-electron chi connectivity index (χ2n) is 4.97. The zero-order valence-corrected chi connectivity index (χ0v) is 11.1. The highest BCUT2D eigenvalue weighted by Crippen LogP contribution is 2.29. The van der Waals surface area contributed by atoms with Crippen molar-refractivity contribution < 1.29 is 14.7 Å². The highest BCUT2D eigenvalue weighted by Gasteiger charge is 2.30. The molecule has 3 N–H and O–H groups in total. The van der Waals surface area contributed by atoms with Gasteiger partial charge >= 0.3 is 5.97 Å². The fraction of sp³-hybridized carbons (Fsp3) is 0.846. The van der Waals surface area contributed by atoms with Gasteiger partial charge in [0.25, 0.3) is 0 Å². The van der Waals surface area contributed by atoms with Crippen LogP contribution in [0.2, 0.25) is 0 Å². The molecule has 1 aliphatic carbocycles. The average molecular weight is 256 g/mol. The minimum atomic E-state index is -0.724. The van der Waals surface area contributed by atoms with Gasteiger partial charge in [-0.05, 0) is 31.7 Å². The Balaban J connectivity index is 2.27. The predicted molar refractivity (Wildman–Crippen MR) is 69.3 cm³/mol. The molecule has 1 rings (SSSR count). The van der Waals surface area contributed by atoms with E-state index in [1.807, 2.05) is 6.92 Å². The number of carboxylic acid groups (broad SMARTS) is 1. The van der Waals surface area contributed by atoms with Gasteiger partial charge in [0.05, 0.1) is 12.5 Å². The van der Waals surface area contributed by atoms with E-state index >= 15 is 0 Å². The SMILES string of the molecule is CCCNCC(=O)NCC1CCCCC1C(=O)O. The van der Waals surface area contributed by atoms with Crippen LogP contribution < -0.4 is 10.6 Å². The minimum absolute atomic E-state index is 0.0434. The van der Waals surface area contributed by atoms with E-state index in [2.05, 4.69) is 10.6 Å². The van der Waals surface area contributed by atoms with E-state index < -0.39 is 5.97 Å². The number of hydrogen-bond donors (Lipinski definition) is 3. The maximum atomic E-state index is 11.5. The summed E-state index contributed by atoms with van der Waals surface area (Å²) in [5, 5.41) is 15.0. The topological polar surface area (TPSA) is 78.4 Å². The van der Waals surface area contributed by atoms with Crippen LogP contribution in [0.3, 0.4) is 0 Å². The van der Waals surface area contributed by atoms with Crippen LogP contribution >= 0.6 is 0 Å². The quantitative estimate of drug-likeness (QED) is 0.594. The number of carboxylic acids is 1. The Morgan fingerprint density at radius 1 is 1.28 bits per heavy atom. The van der Waals surface area contributed by atoms with Crippen LogP contribution in [0.5, 0.6) is 0 Å². The molecular formula is C13H24N2O3. The molecule has 18 heavy (non-hydrogen) atoms. The van der Waals surface area contributed by atoms with Crippen LogP contribution in [0.15, 0.2) is 0 Å². The van der Waals surface area contributed by atoms with E-state index in [9.17, 15) is 9.59 Å². The smallest absolute Gasteiger partial charge is 0.306 e. The van der Waals surface area contributed by atoms with Crippen molar-refractivity contribution in [2.45, 2.75) is 39.0 Å². The molecule has 104 valence electrons. The zero-order valence-electron chi connectivity index (χ0n) is 11.1. The van der Waals surface area contributed by atoms with Crippen LogP contribution in [0.1, 0.15) is 39.0 Å². The number of carbonyl (C=O) groups excluding carboxylic acids is 1. The Kier molecular flexibility index (Phi) is 6.72. The van der Waals surface area contributed by atoms with E-state index in [1.54, 1.807) is 0 Å². The lowest BCUT2D eigenvalue weighted by molar-refractivity contribution is -0.145. The molecule has 1 fully saturated rings. The van der Waals surface area contributed by atoms with Crippen molar-refractivity contribution in [3.05, 3.63) is 0 Å². The summed E-state index contributed by atoms with van der Waals surface area (Å²) < 4.78 is 0. The van der Waals surface area contributed by atoms with Crippen molar-refractivity contribution in [3.63, 3.8) is 0 Å². The average Bonchev–Trinajstić information content (AvgIpc) is 2.37. The molecule has 1 amide bonds. The third-order valence-corrected chi connectivity index (χ3v) is 3.50. The molecule has 1 aliphatic rings. The number of amides is 1. The van der Waals surface area contributed by atoms with E-state index in [0.717, 1.165) is 38.6 Å². The van der Waals surface area contributed by atoms with Gasteiger partial charge in [0.15, 0.2) is 0 Å². The molecule has 5 nitrogen and oxygen atoms in total. The molecular weight excluding hydrogens is 232 g/mol. The number of rotatable bonds is 7. The molecule has 0 aromatic carbocycles. The Morgan fingerprint density at radius 2 is 2.00 bits per heavy atom. The molecule has 0 aromatic rings. The summed E-state index contributed by atoms with van der Waals surface area (Å²) in [5.74, 6) is -0.967. The van der Waals surface area contributed by atoms with E-state index in [-0.39, 0.29) is 17.7 Å². The second kappa shape index (κ2) is 8.08. The van der Waals surface area contributed by atoms with Crippen LogP contribution in [0, 0.1) is 11.8 Å². The van der Waals surface area contributed by atoms with Gasteiger partial charge in [-0.1, -0.05) is 19.8 Å². The first kappa shape index (κ1) is 15.0. The maximum Gasteiger partial charge on any atom is 0.306 e. The number of hydrogen-bond acceptors (Lipinski definition) is 3. The van der Waals surface area contributed by atoms with Crippen molar-refractivity contribution >= 4 is 11.9 Å². The van der Waals surface area contributed by atoms with Crippen molar-refractivity contribution in [2.24, 2.45) is 11.8 Å². The van der Waals surface area contributed by atoms with Crippen LogP contribution in [-0.2, 0) is 9.59 Å². The molecule has 5 heteroatoms. The molecule has 0 radical (unpaired) electrons. The molecule has 2 atom stereocenters. The Morgan fingerprint density at radius 3 is 2.67 bits per heavy atom. The molecule has 2 unspecified atom stereocenters. The monoisotopic (exact) mass is 256 g/mol. The summed E-state index contributed by atoms with van der Waals surface area (Å²) in [5.41, 5.74) is 0. The second-order valence-corrected chi connectivity index (χ2v) is 4.97. The van der Waals surface area contributed by atoms with Crippen LogP contribution in [0.4, 0.5) is 0 Å². The van der Waals surface area contributed by atoms with Crippen molar-refractivity contribution in [1.82, 2.24) is 10.6 Å². The van der Waals surface area contributed by atoms with Crippen LogP contribution in [0.25, 0.3) is 0 Å². The first-order valence-corrected chi connectivity index (χ1v) is 6.85. The molecule has 0 aromatic heterocycles. The summed E-state index contributed by atoms with van der Waals surface area (Å²) in [6.07, 6.45) is 4.69. The maximum absolute atomic E-state index is 11.5. The molecule has 0 saturated heterocycles. The van der Waals surface area contributed by atoms with Gasteiger partial charge in [-0.2, -0.15) is 0 Å². The molecule has 1 saturated carbocycles. The summed E-state index contributed by atoms with van der Waals surface area (Å²) in [6.45, 7) is 3.68. The van der Waals surface area contributed by atoms with Gasteiger partial charge in [0.1, 0.15) is 0 Å². The highest BCUT2D eigenvalue weighted by molar-refractivity contribution is 5.78. The summed E-state index contributed by atoms with van der Waals surface area (Å²) in [6, 6.07) is 0. The lowest BCUT2D eigenvalue weighted by atomic mass is 9.79. The lowest BCUT2D eigenvalue weighted by Gasteiger charge is -2.28. The predicted octanol–water partition coefficient (Wildman–Crippen LogP) is 0.993. The standard InChI is InChI=1S/C13H24N2O3/c1-2-7-14-9-12(16)15-8-10-5-3-4-6-11(10)13(17)18/h10-11,14H,2-9H2,1H3,(H,15,16)(H,17,18). The molecule has 0 bridgehead atoms. The number of nitrogens with one attached hydrogen (secondary N) is 2. The van der Waals surface area contributed by atoms with Gasteiger partial charge in [-0.25, -0.2) is 0 Å². The van der Waals surface area contributed by atoms with Crippen molar-refractivity contribution in [1.29, 1.82) is 0 Å². The first-order valence-electron chi connectivity index (χ1n) is 6.85. The van der Waals surface area contributed by atoms with Crippen molar-refractivity contribution in [2.75, 3.05) is 19.6 Å². The summed E-state index contributed by atoms with van der Waals surface area (Å²) in [7, 11) is 0. The van der Waals surface area contributed by atoms with E-state index in [1.165, 1.54) is 0 Å². The van der Waals surface area contributed by atoms with Gasteiger partial charge in [-0.3, -0.25) is 9.59 Å². The minimum Gasteiger partial charge on any atom is -0.481 e. The molecule has 0 aliphatic heterocycles. The largest absolute Gasteiger partial charge is 0.481 e. The molecule has 0 spiro atoms. The lowest BCUT2D eigenvalue weighted by Crippen LogP contribution is -2.40. The summed E-state index contributed by atoms with van der Waals surface area (Å²) in [4.78, 5) is 22.6. The van der Waals surface area contributed by atoms with E-state index in [0.29, 0.717) is 13.1 Å². The first-order chi connectivity index (χ1) is 8.65. The Hall–Kier alpha value is -1.10. The highest BCUT2D eigenvalue weighted by atomic mass is 16.4. The van der Waals surface area contributed by atoms with Gasteiger partial charge in [0, 0.05) is 6.54 Å². The van der Waals surface area contributed by atoms with Gasteiger partial charge in [-0.15, -0.1) is 0 Å². The van der Waals surface area contributed by atoms with Crippen LogP contribution in [-0.4, -0.2) is 36.6 Å². The Bertz CT molecular complexity index is 281. The Labute approximate surface area is 108 Å². The number of carbonyl (C=O) groups is 2. The molecule has 0 heterocycles. The number of aliphatic carboxylic acids is 1. The third-order valence-electron chi connectivity index (χ3n) is 3.50. The zero-order chi connectivity index (χ0) is 13.4. The fourth-order valence-corrected chi connectivity index (χ4v) is 2.46. The fourth-order valence-electron chi connectivity index (χ4n) is 2.46. The van der Waals surface area contributed by atoms with Gasteiger partial charge in [0.2, 0.25) is 5.91 Å². The van der Waals surface area contributed by atoms with E-state index in [4.69, 9.17) is 5.11 Å². The van der Waals surface area contributed by atoms with Crippen molar-refractivity contribution in [3.8, 4) is 0 Å². The summed E-state index contributed by atoms with van der Waals surface area (Å²) >= 11 is 0. The normalized spacial score (nSPS) is 23.6. The van der Waals surface area contributed by atoms with Gasteiger partial charge < -0.3 is 15.7 Å².